The lowest BCUT2D eigenvalue weighted by molar-refractivity contribution is 0.420. The van der Waals surface area contributed by atoms with Crippen LogP contribution in [-0.2, 0) is 0 Å². The largest absolute Gasteiger partial charge is 0.496 e. The van der Waals surface area contributed by atoms with Gasteiger partial charge in [0, 0.05) is 5.39 Å². The second-order valence-electron chi connectivity index (χ2n) is 4.29. The molecule has 0 saturated carbocycles. The van der Waals surface area contributed by atoms with E-state index in [-0.39, 0.29) is 0 Å². The van der Waals surface area contributed by atoms with E-state index in [1.807, 2.05) is 12.1 Å². The van der Waals surface area contributed by atoms with Crippen molar-refractivity contribution in [2.24, 2.45) is 0 Å². The van der Waals surface area contributed by atoms with Crippen molar-refractivity contribution in [2.75, 3.05) is 7.11 Å². The van der Waals surface area contributed by atoms with Gasteiger partial charge in [-0.1, -0.05) is 42.5 Å². The van der Waals surface area contributed by atoms with Crippen LogP contribution in [0.25, 0.3) is 21.5 Å². The number of fused-ring (bicyclic) bond motifs is 3. The summed E-state index contributed by atoms with van der Waals surface area (Å²) < 4.78 is 5.41. The third-order valence-corrected chi connectivity index (χ3v) is 3.32. The summed E-state index contributed by atoms with van der Waals surface area (Å²) >= 11 is 0. The lowest BCUT2D eigenvalue weighted by atomic mass is 9.99. The van der Waals surface area contributed by atoms with Crippen molar-refractivity contribution in [1.82, 2.24) is 0 Å². The lowest BCUT2D eigenvalue weighted by Crippen LogP contribution is -1.86. The van der Waals surface area contributed by atoms with E-state index in [1.165, 1.54) is 27.1 Å². The summed E-state index contributed by atoms with van der Waals surface area (Å²) in [5, 5.41) is 5.04. The first-order valence-electron chi connectivity index (χ1n) is 5.76. The molecule has 0 unspecified atom stereocenters. The minimum Gasteiger partial charge on any atom is -0.496 e. The molecular weight excluding hydrogens is 208 g/mol. The quantitative estimate of drug-likeness (QED) is 0.557. The summed E-state index contributed by atoms with van der Waals surface area (Å²) in [7, 11) is 1.72. The van der Waals surface area contributed by atoms with E-state index in [1.54, 1.807) is 7.11 Å². The molecular formula is C16H14O. The van der Waals surface area contributed by atoms with Crippen LogP contribution in [0.4, 0.5) is 0 Å². The van der Waals surface area contributed by atoms with Crippen LogP contribution in [0.5, 0.6) is 5.75 Å². The molecule has 0 radical (unpaired) electrons. The Morgan fingerprint density at radius 2 is 1.35 bits per heavy atom. The predicted octanol–water partition coefficient (Wildman–Crippen LogP) is 4.31. The van der Waals surface area contributed by atoms with Gasteiger partial charge in [-0.3, -0.25) is 0 Å². The molecule has 0 aliphatic rings. The molecule has 0 atom stereocenters. The molecule has 3 aromatic carbocycles. The summed E-state index contributed by atoms with van der Waals surface area (Å²) in [6.45, 7) is 2.15. The maximum atomic E-state index is 5.41. The SMILES string of the molecule is COc1cccc2c1ccc1c(C)cccc12. The fraction of sp³-hybridized carbons (Fsp3) is 0.125. The third kappa shape index (κ3) is 1.47. The van der Waals surface area contributed by atoms with Gasteiger partial charge < -0.3 is 4.74 Å². The molecule has 0 N–H and O–H groups in total. The van der Waals surface area contributed by atoms with Crippen LogP contribution in [0.3, 0.4) is 0 Å². The third-order valence-electron chi connectivity index (χ3n) is 3.32. The van der Waals surface area contributed by atoms with Gasteiger partial charge in [0.1, 0.15) is 5.75 Å². The number of methoxy groups -OCH3 is 1. The van der Waals surface area contributed by atoms with Crippen LogP contribution in [0.15, 0.2) is 48.5 Å². The molecule has 0 aromatic heterocycles. The number of benzene rings is 3. The first-order valence-corrected chi connectivity index (χ1v) is 5.76. The van der Waals surface area contributed by atoms with Crippen LogP contribution < -0.4 is 4.74 Å². The van der Waals surface area contributed by atoms with Crippen molar-refractivity contribution in [3.63, 3.8) is 0 Å². The Hall–Kier alpha value is -2.02. The Balaban J connectivity index is 2.53. The predicted molar refractivity (Wildman–Crippen MR) is 72.7 cm³/mol. The van der Waals surface area contributed by atoms with Gasteiger partial charge in [0.2, 0.25) is 0 Å². The number of hydrogen-bond donors (Lipinski definition) is 0. The number of rotatable bonds is 1. The van der Waals surface area contributed by atoms with Gasteiger partial charge in [-0.25, -0.2) is 0 Å². The Kier molecular flexibility index (Phi) is 2.25. The van der Waals surface area contributed by atoms with Crippen molar-refractivity contribution < 1.29 is 4.74 Å². The van der Waals surface area contributed by atoms with Crippen LogP contribution in [0, 0.1) is 6.92 Å². The van der Waals surface area contributed by atoms with Crippen LogP contribution in [0.2, 0.25) is 0 Å². The van der Waals surface area contributed by atoms with E-state index in [0.717, 1.165) is 5.75 Å². The minimum atomic E-state index is 0.936. The van der Waals surface area contributed by atoms with Gasteiger partial charge in [0.05, 0.1) is 7.11 Å². The van der Waals surface area contributed by atoms with E-state index in [4.69, 9.17) is 4.74 Å². The average Bonchev–Trinajstić information content (AvgIpc) is 2.38. The standard InChI is InChI=1S/C16H14O/c1-11-5-3-6-13-12(11)9-10-15-14(13)7-4-8-16(15)17-2/h3-10H,1-2H3. The first-order chi connectivity index (χ1) is 8.31. The molecule has 3 rings (SSSR count). The molecule has 84 valence electrons. The second kappa shape index (κ2) is 3.77. The van der Waals surface area contributed by atoms with Gasteiger partial charge in [-0.15, -0.1) is 0 Å². The summed E-state index contributed by atoms with van der Waals surface area (Å²) in [5.74, 6) is 0.936. The van der Waals surface area contributed by atoms with E-state index in [2.05, 4.69) is 43.3 Å². The molecule has 0 aliphatic carbocycles. The summed E-state index contributed by atoms with van der Waals surface area (Å²) in [6, 6.07) is 16.9. The molecule has 0 bridgehead atoms. The summed E-state index contributed by atoms with van der Waals surface area (Å²) in [5.41, 5.74) is 1.31. The van der Waals surface area contributed by atoms with Gasteiger partial charge in [0.25, 0.3) is 0 Å². The van der Waals surface area contributed by atoms with Gasteiger partial charge in [-0.2, -0.15) is 0 Å². The Bertz CT molecular complexity index is 698. The van der Waals surface area contributed by atoms with Crippen LogP contribution in [0.1, 0.15) is 5.56 Å². The smallest absolute Gasteiger partial charge is 0.126 e. The molecule has 0 fully saturated rings. The zero-order valence-electron chi connectivity index (χ0n) is 10.0. The van der Waals surface area contributed by atoms with Gasteiger partial charge in [0.15, 0.2) is 0 Å². The molecule has 0 amide bonds. The van der Waals surface area contributed by atoms with Crippen molar-refractivity contribution >= 4 is 21.5 Å². The maximum absolute atomic E-state index is 5.41. The molecule has 0 aliphatic heterocycles. The van der Waals surface area contributed by atoms with E-state index < -0.39 is 0 Å². The average molecular weight is 222 g/mol. The highest BCUT2D eigenvalue weighted by Crippen LogP contribution is 2.32. The van der Waals surface area contributed by atoms with Crippen molar-refractivity contribution in [3.8, 4) is 5.75 Å². The van der Waals surface area contributed by atoms with E-state index in [9.17, 15) is 0 Å². The Morgan fingerprint density at radius 3 is 2.12 bits per heavy atom. The monoisotopic (exact) mass is 222 g/mol. The zero-order valence-corrected chi connectivity index (χ0v) is 10.0. The first kappa shape index (κ1) is 10.2. The van der Waals surface area contributed by atoms with Crippen molar-refractivity contribution in [1.29, 1.82) is 0 Å². The molecule has 0 saturated heterocycles. The zero-order chi connectivity index (χ0) is 11.8. The normalized spacial score (nSPS) is 10.9. The number of aryl methyl sites for hydroxylation is 1. The Labute approximate surface area is 101 Å². The molecule has 3 aromatic rings. The summed E-state index contributed by atoms with van der Waals surface area (Å²) in [6.07, 6.45) is 0. The highest BCUT2D eigenvalue weighted by atomic mass is 16.5. The maximum Gasteiger partial charge on any atom is 0.126 e. The van der Waals surface area contributed by atoms with Gasteiger partial charge >= 0.3 is 0 Å². The fourth-order valence-corrected chi connectivity index (χ4v) is 2.43. The van der Waals surface area contributed by atoms with Gasteiger partial charge in [-0.05, 0) is 34.7 Å². The molecule has 1 nitrogen and oxygen atoms in total. The highest BCUT2D eigenvalue weighted by molar-refractivity contribution is 6.10. The van der Waals surface area contributed by atoms with E-state index >= 15 is 0 Å². The van der Waals surface area contributed by atoms with Crippen molar-refractivity contribution in [3.05, 3.63) is 54.1 Å². The van der Waals surface area contributed by atoms with Crippen LogP contribution >= 0.6 is 0 Å². The highest BCUT2D eigenvalue weighted by Gasteiger charge is 2.05. The summed E-state index contributed by atoms with van der Waals surface area (Å²) in [4.78, 5) is 0. The minimum absolute atomic E-state index is 0.936. The van der Waals surface area contributed by atoms with E-state index in [0.29, 0.717) is 0 Å². The lowest BCUT2D eigenvalue weighted by Gasteiger charge is -2.09. The van der Waals surface area contributed by atoms with Crippen LogP contribution in [-0.4, -0.2) is 7.11 Å². The molecule has 0 spiro atoms. The molecule has 1 heteroatoms. The van der Waals surface area contributed by atoms with Crippen molar-refractivity contribution in [2.45, 2.75) is 6.92 Å². The number of ether oxygens (including phenoxy) is 1. The second-order valence-corrected chi connectivity index (χ2v) is 4.29. The fourth-order valence-electron chi connectivity index (χ4n) is 2.43. The molecule has 17 heavy (non-hydrogen) atoms. The molecule has 0 heterocycles. The Morgan fingerprint density at radius 1 is 0.706 bits per heavy atom. The number of hydrogen-bond acceptors (Lipinski definition) is 1. The topological polar surface area (TPSA) is 9.23 Å².